The SMILES string of the molecule is N#Cc1sc(=N)n2c1N(Cc1ccc(Cl)nc1)CC2. The predicted molar refractivity (Wildman–Crippen MR) is 73.2 cm³/mol. The van der Waals surface area contributed by atoms with Crippen LogP contribution in [0.15, 0.2) is 18.3 Å². The Kier molecular flexibility index (Phi) is 3.01. The Balaban J connectivity index is 1.92. The standard InChI is InChI=1S/C12H10ClN5S/c13-10-2-1-8(6-16-10)7-17-3-4-18-11(17)9(5-14)19-12(18)15/h1-2,6,15H,3-4,7H2. The molecule has 0 fully saturated rings. The monoisotopic (exact) mass is 291 g/mol. The molecule has 96 valence electrons. The smallest absolute Gasteiger partial charge is 0.184 e. The van der Waals surface area contributed by atoms with Crippen molar-refractivity contribution in [3.8, 4) is 6.07 Å². The van der Waals surface area contributed by atoms with Crippen LogP contribution in [0.4, 0.5) is 5.82 Å². The summed E-state index contributed by atoms with van der Waals surface area (Å²) in [7, 11) is 0. The van der Waals surface area contributed by atoms with Crippen LogP contribution >= 0.6 is 22.9 Å². The third-order valence-corrected chi connectivity index (χ3v) is 4.17. The predicted octanol–water partition coefficient (Wildman–Crippen LogP) is 1.97. The normalized spacial score (nSPS) is 13.4. The molecule has 1 N–H and O–H groups in total. The Morgan fingerprint density at radius 3 is 3.00 bits per heavy atom. The van der Waals surface area contributed by atoms with Crippen molar-refractivity contribution in [2.75, 3.05) is 11.4 Å². The molecule has 0 saturated carbocycles. The maximum absolute atomic E-state index is 9.14. The molecule has 0 radical (unpaired) electrons. The van der Waals surface area contributed by atoms with Gasteiger partial charge >= 0.3 is 0 Å². The van der Waals surface area contributed by atoms with Gasteiger partial charge in [0.25, 0.3) is 0 Å². The zero-order chi connectivity index (χ0) is 13.4. The van der Waals surface area contributed by atoms with E-state index in [0.29, 0.717) is 21.4 Å². The summed E-state index contributed by atoms with van der Waals surface area (Å²) in [6.45, 7) is 2.24. The third kappa shape index (κ3) is 2.11. The van der Waals surface area contributed by atoms with Gasteiger partial charge in [-0.3, -0.25) is 5.41 Å². The molecule has 0 unspecified atom stereocenters. The molecule has 0 atom stereocenters. The van der Waals surface area contributed by atoms with Crippen molar-refractivity contribution in [2.24, 2.45) is 0 Å². The van der Waals surface area contributed by atoms with Crippen LogP contribution < -0.4 is 9.70 Å². The van der Waals surface area contributed by atoms with Crippen molar-refractivity contribution < 1.29 is 0 Å². The number of rotatable bonds is 2. The van der Waals surface area contributed by atoms with Gasteiger partial charge < -0.3 is 9.47 Å². The van der Waals surface area contributed by atoms with E-state index in [4.69, 9.17) is 22.3 Å². The maximum Gasteiger partial charge on any atom is 0.184 e. The summed E-state index contributed by atoms with van der Waals surface area (Å²) < 4.78 is 1.88. The largest absolute Gasteiger partial charge is 0.350 e. The van der Waals surface area contributed by atoms with Crippen molar-refractivity contribution in [2.45, 2.75) is 13.1 Å². The molecule has 2 aromatic heterocycles. The van der Waals surface area contributed by atoms with Crippen LogP contribution in [-0.2, 0) is 13.1 Å². The average Bonchev–Trinajstić information content (AvgIpc) is 2.95. The first kappa shape index (κ1) is 12.2. The van der Waals surface area contributed by atoms with E-state index in [-0.39, 0.29) is 0 Å². The molecule has 1 aliphatic rings. The Labute approximate surface area is 118 Å². The summed E-state index contributed by atoms with van der Waals surface area (Å²) >= 11 is 6.99. The minimum absolute atomic E-state index is 0.434. The van der Waals surface area contributed by atoms with Crippen LogP contribution in [0, 0.1) is 16.7 Å². The topological polar surface area (TPSA) is 68.7 Å². The molecular weight excluding hydrogens is 282 g/mol. The molecule has 0 bridgehead atoms. The van der Waals surface area contributed by atoms with Crippen molar-refractivity contribution in [1.82, 2.24) is 9.55 Å². The number of nitrogens with zero attached hydrogens (tertiary/aromatic N) is 4. The summed E-state index contributed by atoms with van der Waals surface area (Å²) in [5, 5.41) is 17.5. The maximum atomic E-state index is 9.14. The summed E-state index contributed by atoms with van der Waals surface area (Å²) in [6.07, 6.45) is 1.74. The molecule has 5 nitrogen and oxygen atoms in total. The molecule has 2 aromatic rings. The number of anilines is 1. The average molecular weight is 292 g/mol. The first-order valence-electron chi connectivity index (χ1n) is 5.73. The van der Waals surface area contributed by atoms with Crippen LogP contribution in [0.2, 0.25) is 5.15 Å². The Morgan fingerprint density at radius 2 is 2.32 bits per heavy atom. The number of thiazole rings is 1. The molecule has 0 saturated heterocycles. The van der Waals surface area contributed by atoms with E-state index in [1.54, 1.807) is 12.3 Å². The van der Waals surface area contributed by atoms with Gasteiger partial charge in [0, 0.05) is 25.8 Å². The highest BCUT2D eigenvalue weighted by molar-refractivity contribution is 7.10. The van der Waals surface area contributed by atoms with Gasteiger partial charge in [-0.2, -0.15) is 5.26 Å². The Bertz CT molecular complexity index is 709. The lowest BCUT2D eigenvalue weighted by Crippen LogP contribution is -2.20. The van der Waals surface area contributed by atoms with Gasteiger partial charge in [-0.1, -0.05) is 29.0 Å². The van der Waals surface area contributed by atoms with Gasteiger partial charge in [0.1, 0.15) is 21.9 Å². The fourth-order valence-electron chi connectivity index (χ4n) is 2.21. The lowest BCUT2D eigenvalue weighted by molar-refractivity contribution is 0.745. The van der Waals surface area contributed by atoms with E-state index in [1.807, 2.05) is 10.6 Å². The molecule has 0 spiro atoms. The van der Waals surface area contributed by atoms with Crippen molar-refractivity contribution in [1.29, 1.82) is 10.7 Å². The van der Waals surface area contributed by atoms with Crippen molar-refractivity contribution in [3.63, 3.8) is 0 Å². The molecule has 7 heteroatoms. The number of aromatic nitrogens is 2. The Morgan fingerprint density at radius 1 is 1.47 bits per heavy atom. The van der Waals surface area contributed by atoms with Gasteiger partial charge in [0.05, 0.1) is 0 Å². The Hall–Kier alpha value is -1.84. The molecule has 0 amide bonds. The van der Waals surface area contributed by atoms with E-state index in [2.05, 4.69) is 16.0 Å². The van der Waals surface area contributed by atoms with E-state index in [1.165, 1.54) is 11.3 Å². The zero-order valence-electron chi connectivity index (χ0n) is 9.93. The van der Waals surface area contributed by atoms with Crippen LogP contribution in [0.5, 0.6) is 0 Å². The lowest BCUT2D eigenvalue weighted by Gasteiger charge is -2.17. The first-order valence-corrected chi connectivity index (χ1v) is 6.92. The fraction of sp³-hybridized carbons (Fsp3) is 0.250. The highest BCUT2D eigenvalue weighted by atomic mass is 35.5. The number of pyridine rings is 1. The number of fused-ring (bicyclic) bond motifs is 1. The van der Waals surface area contributed by atoms with Crippen LogP contribution in [0.1, 0.15) is 10.4 Å². The second kappa shape index (κ2) is 4.68. The van der Waals surface area contributed by atoms with Gasteiger partial charge in [-0.15, -0.1) is 0 Å². The van der Waals surface area contributed by atoms with Gasteiger partial charge in [0.15, 0.2) is 4.80 Å². The molecule has 19 heavy (non-hydrogen) atoms. The van der Waals surface area contributed by atoms with E-state index >= 15 is 0 Å². The second-order valence-electron chi connectivity index (χ2n) is 4.23. The lowest BCUT2D eigenvalue weighted by atomic mass is 10.2. The molecule has 0 aliphatic carbocycles. The van der Waals surface area contributed by atoms with Gasteiger partial charge in [-0.25, -0.2) is 4.98 Å². The number of hydrogen-bond acceptors (Lipinski definition) is 5. The summed E-state index contributed by atoms with van der Waals surface area (Å²) in [5.74, 6) is 0.854. The minimum atomic E-state index is 0.434. The summed E-state index contributed by atoms with van der Waals surface area (Å²) in [5.41, 5.74) is 1.04. The second-order valence-corrected chi connectivity index (χ2v) is 5.62. The number of nitriles is 1. The first-order chi connectivity index (χ1) is 9.19. The molecule has 3 heterocycles. The van der Waals surface area contributed by atoms with Crippen LogP contribution in [-0.4, -0.2) is 16.1 Å². The highest BCUT2D eigenvalue weighted by Crippen LogP contribution is 2.28. The van der Waals surface area contributed by atoms with E-state index in [9.17, 15) is 0 Å². The molecule has 1 aliphatic heterocycles. The van der Waals surface area contributed by atoms with Gasteiger partial charge in [-0.05, 0) is 11.6 Å². The van der Waals surface area contributed by atoms with Crippen molar-refractivity contribution in [3.05, 3.63) is 38.7 Å². The quantitative estimate of drug-likeness (QED) is 0.860. The number of hydrogen-bond donors (Lipinski definition) is 1. The minimum Gasteiger partial charge on any atom is -0.350 e. The van der Waals surface area contributed by atoms with Crippen LogP contribution in [0.3, 0.4) is 0 Å². The van der Waals surface area contributed by atoms with Crippen molar-refractivity contribution >= 4 is 28.8 Å². The number of nitrogens with one attached hydrogen (secondary N) is 1. The summed E-state index contributed by atoms with van der Waals surface area (Å²) in [4.78, 5) is 7.20. The third-order valence-electron chi connectivity index (χ3n) is 3.06. The molecule has 3 rings (SSSR count). The van der Waals surface area contributed by atoms with Gasteiger partial charge in [0.2, 0.25) is 0 Å². The van der Waals surface area contributed by atoms with E-state index < -0.39 is 0 Å². The molecular formula is C12H10ClN5S. The summed E-state index contributed by atoms with van der Waals surface area (Å²) in [6, 6.07) is 5.86. The fourth-order valence-corrected chi connectivity index (χ4v) is 3.18. The zero-order valence-corrected chi connectivity index (χ0v) is 11.5. The number of halogens is 1. The molecule has 0 aromatic carbocycles. The van der Waals surface area contributed by atoms with E-state index in [0.717, 1.165) is 24.5 Å². The highest BCUT2D eigenvalue weighted by Gasteiger charge is 2.25. The van der Waals surface area contributed by atoms with Crippen LogP contribution in [0.25, 0.3) is 0 Å².